The van der Waals surface area contributed by atoms with E-state index in [4.69, 9.17) is 19.7 Å². The Morgan fingerprint density at radius 3 is 1.58 bits per heavy atom. The van der Waals surface area contributed by atoms with Crippen molar-refractivity contribution in [2.24, 2.45) is 0 Å². The number of rotatable bonds is 14. The molecule has 0 aliphatic carbocycles. The number of thioether (sulfide) groups is 2. The number of esters is 2. The summed E-state index contributed by atoms with van der Waals surface area (Å²) in [5.74, 6) is 1.85. The molecule has 0 amide bonds. The first-order chi connectivity index (χ1) is 12.7. The maximum Gasteiger partial charge on any atom is 0.339 e. The highest BCUT2D eigenvalue weighted by Crippen LogP contribution is 2.13. The van der Waals surface area contributed by atoms with Crippen LogP contribution in [0.25, 0.3) is 0 Å². The van der Waals surface area contributed by atoms with Crippen molar-refractivity contribution in [3.05, 3.63) is 35.4 Å². The minimum atomic E-state index is -0.539. The first kappa shape index (κ1) is 22.8. The maximum atomic E-state index is 12.2. The van der Waals surface area contributed by atoms with Gasteiger partial charge in [-0.2, -0.15) is 23.5 Å². The standard InChI is InChI=1S/C18H26O6S2/c19-7-13-25-11-3-9-23-17(21)15-5-1-2-6-16(15)18(22)24-10-4-12-26-14-8-20/h1-2,5-6,19-20H,3-4,7-14H2. The molecule has 26 heavy (non-hydrogen) atoms. The first-order valence-corrected chi connectivity index (χ1v) is 10.8. The summed E-state index contributed by atoms with van der Waals surface area (Å²) in [4.78, 5) is 24.4. The summed E-state index contributed by atoms with van der Waals surface area (Å²) in [5.41, 5.74) is 0.408. The average molecular weight is 403 g/mol. The largest absolute Gasteiger partial charge is 0.462 e. The molecule has 0 saturated carbocycles. The van der Waals surface area contributed by atoms with E-state index in [9.17, 15) is 9.59 Å². The van der Waals surface area contributed by atoms with Gasteiger partial charge in [-0.25, -0.2) is 9.59 Å². The lowest BCUT2D eigenvalue weighted by Gasteiger charge is -2.10. The fourth-order valence-electron chi connectivity index (χ4n) is 1.98. The fourth-order valence-corrected chi connectivity index (χ4v) is 3.29. The maximum absolute atomic E-state index is 12.2. The zero-order chi connectivity index (χ0) is 19.0. The van der Waals surface area contributed by atoms with Crippen LogP contribution >= 0.6 is 23.5 Å². The summed E-state index contributed by atoms with van der Waals surface area (Å²) in [6.45, 7) is 0.811. The molecule has 0 aliphatic rings. The molecule has 0 fully saturated rings. The smallest absolute Gasteiger partial charge is 0.339 e. The van der Waals surface area contributed by atoms with Crippen molar-refractivity contribution in [2.75, 3.05) is 49.4 Å². The van der Waals surface area contributed by atoms with E-state index in [0.29, 0.717) is 24.3 Å². The van der Waals surface area contributed by atoms with Gasteiger partial charge in [0.2, 0.25) is 0 Å². The molecule has 1 aromatic carbocycles. The fraction of sp³-hybridized carbons (Fsp3) is 0.556. The highest BCUT2D eigenvalue weighted by Gasteiger charge is 2.18. The van der Waals surface area contributed by atoms with Crippen molar-refractivity contribution < 1.29 is 29.3 Å². The third-order valence-electron chi connectivity index (χ3n) is 3.17. The second-order valence-electron chi connectivity index (χ2n) is 5.20. The van der Waals surface area contributed by atoms with Crippen molar-refractivity contribution in [3.8, 4) is 0 Å². The summed E-state index contributed by atoms with van der Waals surface area (Å²) in [7, 11) is 0. The van der Waals surface area contributed by atoms with Crippen LogP contribution in [0.1, 0.15) is 33.6 Å². The summed E-state index contributed by atoms with van der Waals surface area (Å²) >= 11 is 3.19. The molecule has 6 nitrogen and oxygen atoms in total. The zero-order valence-electron chi connectivity index (χ0n) is 14.7. The Labute approximate surface area is 162 Å². The van der Waals surface area contributed by atoms with Crippen LogP contribution in [0.4, 0.5) is 0 Å². The van der Waals surface area contributed by atoms with Gasteiger partial charge in [-0.15, -0.1) is 0 Å². The van der Waals surface area contributed by atoms with Crippen LogP contribution in [-0.4, -0.2) is 71.6 Å². The summed E-state index contributed by atoms with van der Waals surface area (Å²) in [6.07, 6.45) is 1.38. The first-order valence-electron chi connectivity index (χ1n) is 8.51. The van der Waals surface area contributed by atoms with Gasteiger partial charge in [-0.3, -0.25) is 0 Å². The van der Waals surface area contributed by atoms with Gasteiger partial charge in [0.15, 0.2) is 0 Å². The molecule has 0 aliphatic heterocycles. The van der Waals surface area contributed by atoms with E-state index in [1.165, 1.54) is 0 Å². The minimum Gasteiger partial charge on any atom is -0.462 e. The van der Waals surface area contributed by atoms with E-state index in [2.05, 4.69) is 0 Å². The molecule has 0 aromatic heterocycles. The molecule has 8 heteroatoms. The van der Waals surface area contributed by atoms with Gasteiger partial charge < -0.3 is 19.7 Å². The molecule has 0 heterocycles. The number of carbonyl (C=O) groups is 2. The number of hydrogen-bond acceptors (Lipinski definition) is 8. The topological polar surface area (TPSA) is 93.1 Å². The van der Waals surface area contributed by atoms with Crippen molar-refractivity contribution in [2.45, 2.75) is 12.8 Å². The molecule has 0 spiro atoms. The van der Waals surface area contributed by atoms with Crippen molar-refractivity contribution >= 4 is 35.5 Å². The zero-order valence-corrected chi connectivity index (χ0v) is 16.4. The molecule has 0 saturated heterocycles. The number of aliphatic hydroxyl groups excluding tert-OH is 2. The minimum absolute atomic E-state index is 0.139. The van der Waals surface area contributed by atoms with E-state index in [1.807, 2.05) is 0 Å². The summed E-state index contributed by atoms with van der Waals surface area (Å²) in [5, 5.41) is 17.4. The molecule has 0 atom stereocenters. The Morgan fingerprint density at radius 1 is 0.769 bits per heavy atom. The molecule has 146 valence electrons. The van der Waals surface area contributed by atoms with Crippen LogP contribution in [0.2, 0.25) is 0 Å². The van der Waals surface area contributed by atoms with Gasteiger partial charge in [-0.05, 0) is 36.5 Å². The normalized spacial score (nSPS) is 10.5. The predicted octanol–water partition coefficient (Wildman–Crippen LogP) is 2.23. The Kier molecular flexibility index (Phi) is 13.1. The van der Waals surface area contributed by atoms with Crippen LogP contribution in [0, 0.1) is 0 Å². The van der Waals surface area contributed by atoms with Crippen molar-refractivity contribution in [1.29, 1.82) is 0 Å². The van der Waals surface area contributed by atoms with Gasteiger partial charge in [0.25, 0.3) is 0 Å². The van der Waals surface area contributed by atoms with Crippen LogP contribution in [0.15, 0.2) is 24.3 Å². The average Bonchev–Trinajstić information content (AvgIpc) is 2.67. The van der Waals surface area contributed by atoms with Gasteiger partial charge in [0.05, 0.1) is 37.6 Å². The predicted molar refractivity (Wildman–Crippen MR) is 105 cm³/mol. The lowest BCUT2D eigenvalue weighted by Crippen LogP contribution is -2.15. The van der Waals surface area contributed by atoms with E-state index in [1.54, 1.807) is 47.8 Å². The van der Waals surface area contributed by atoms with E-state index in [-0.39, 0.29) is 37.6 Å². The van der Waals surface area contributed by atoms with E-state index < -0.39 is 11.9 Å². The molecule has 1 rings (SSSR count). The Morgan fingerprint density at radius 2 is 1.19 bits per heavy atom. The number of aliphatic hydroxyl groups is 2. The Bertz CT molecular complexity index is 491. The molecule has 2 N–H and O–H groups in total. The molecule has 1 aromatic rings. The summed E-state index contributed by atoms with van der Waals surface area (Å²) in [6, 6.07) is 6.46. The van der Waals surface area contributed by atoms with Crippen LogP contribution < -0.4 is 0 Å². The third-order valence-corrected chi connectivity index (χ3v) is 5.27. The number of ether oxygens (including phenoxy) is 2. The number of carbonyl (C=O) groups excluding carboxylic acids is 2. The third kappa shape index (κ3) is 9.47. The number of hydrogen-bond donors (Lipinski definition) is 2. The van der Waals surface area contributed by atoms with Gasteiger partial charge in [-0.1, -0.05) is 12.1 Å². The van der Waals surface area contributed by atoms with Crippen molar-refractivity contribution in [3.63, 3.8) is 0 Å². The number of benzene rings is 1. The second-order valence-corrected chi connectivity index (χ2v) is 7.65. The monoisotopic (exact) mass is 402 g/mol. The molecular formula is C18H26O6S2. The quantitative estimate of drug-likeness (QED) is 0.361. The van der Waals surface area contributed by atoms with Crippen LogP contribution in [0.3, 0.4) is 0 Å². The SMILES string of the molecule is O=C(OCCCSCCO)c1ccccc1C(=O)OCCCSCCO. The molecule has 0 radical (unpaired) electrons. The van der Waals surface area contributed by atoms with Crippen molar-refractivity contribution in [1.82, 2.24) is 0 Å². The highest BCUT2D eigenvalue weighted by atomic mass is 32.2. The lowest BCUT2D eigenvalue weighted by molar-refractivity contribution is 0.0459. The highest BCUT2D eigenvalue weighted by molar-refractivity contribution is 7.99. The molecule has 0 unspecified atom stereocenters. The summed E-state index contributed by atoms with van der Waals surface area (Å²) < 4.78 is 10.4. The second kappa shape index (κ2) is 14.9. The van der Waals surface area contributed by atoms with Crippen LogP contribution in [0.5, 0.6) is 0 Å². The van der Waals surface area contributed by atoms with E-state index in [0.717, 1.165) is 11.5 Å². The Balaban J connectivity index is 2.42. The van der Waals surface area contributed by atoms with Gasteiger partial charge in [0, 0.05) is 11.5 Å². The molecular weight excluding hydrogens is 376 g/mol. The lowest BCUT2D eigenvalue weighted by atomic mass is 10.1. The van der Waals surface area contributed by atoms with E-state index >= 15 is 0 Å². The Hall–Kier alpha value is -1.22. The van der Waals surface area contributed by atoms with Gasteiger partial charge in [0.1, 0.15) is 0 Å². The molecule has 0 bridgehead atoms. The van der Waals surface area contributed by atoms with Gasteiger partial charge >= 0.3 is 11.9 Å². The van der Waals surface area contributed by atoms with Crippen LogP contribution in [-0.2, 0) is 9.47 Å².